The van der Waals surface area contributed by atoms with Gasteiger partial charge in [-0.1, -0.05) is 6.07 Å². The maximum atomic E-state index is 11.8. The van der Waals surface area contributed by atoms with Crippen LogP contribution in [0.2, 0.25) is 0 Å². The predicted octanol–water partition coefficient (Wildman–Crippen LogP) is 3.78. The van der Waals surface area contributed by atoms with E-state index < -0.39 is 0 Å². The Labute approximate surface area is 118 Å². The van der Waals surface area contributed by atoms with Gasteiger partial charge in [-0.2, -0.15) is 0 Å². The van der Waals surface area contributed by atoms with E-state index in [0.717, 1.165) is 16.9 Å². The fraction of sp³-hybridized carbons (Fsp3) is 0.312. The number of methoxy groups -OCH3 is 2. The zero-order chi connectivity index (χ0) is 14.9. The van der Waals surface area contributed by atoms with Gasteiger partial charge in [0.1, 0.15) is 11.5 Å². The lowest BCUT2D eigenvalue weighted by Gasteiger charge is -2.10. The van der Waals surface area contributed by atoms with Crippen LogP contribution in [-0.2, 0) is 0 Å². The molecule has 0 radical (unpaired) electrons. The lowest BCUT2D eigenvalue weighted by atomic mass is 9.98. The molecule has 4 nitrogen and oxygen atoms in total. The average Bonchev–Trinajstić information content (AvgIpc) is 2.72. The van der Waals surface area contributed by atoms with E-state index in [2.05, 4.69) is 0 Å². The summed E-state index contributed by atoms with van der Waals surface area (Å²) in [7, 11) is 3.17. The van der Waals surface area contributed by atoms with Gasteiger partial charge in [0.05, 0.1) is 19.8 Å². The number of carbonyl (C=O) groups excluding carboxylic acids is 1. The Morgan fingerprint density at radius 1 is 1.05 bits per heavy atom. The lowest BCUT2D eigenvalue weighted by Crippen LogP contribution is -1.96. The molecule has 106 valence electrons. The quantitative estimate of drug-likeness (QED) is 0.796. The monoisotopic (exact) mass is 274 g/mol. The van der Waals surface area contributed by atoms with E-state index in [1.165, 1.54) is 0 Å². The maximum absolute atomic E-state index is 11.8. The first kappa shape index (κ1) is 14.2. The van der Waals surface area contributed by atoms with Crippen molar-refractivity contribution in [1.29, 1.82) is 0 Å². The highest BCUT2D eigenvalue weighted by molar-refractivity contribution is 6.02. The van der Waals surface area contributed by atoms with Crippen LogP contribution in [-0.4, -0.2) is 20.0 Å². The van der Waals surface area contributed by atoms with E-state index in [4.69, 9.17) is 13.9 Å². The Balaban J connectivity index is 2.66. The van der Waals surface area contributed by atoms with Crippen LogP contribution in [0.3, 0.4) is 0 Å². The highest BCUT2D eigenvalue weighted by atomic mass is 16.5. The Hall–Kier alpha value is -2.23. The summed E-state index contributed by atoms with van der Waals surface area (Å²) in [6, 6.07) is 5.56. The molecule has 2 rings (SSSR count). The van der Waals surface area contributed by atoms with Crippen molar-refractivity contribution in [2.75, 3.05) is 14.2 Å². The largest absolute Gasteiger partial charge is 0.493 e. The van der Waals surface area contributed by atoms with Crippen LogP contribution in [0, 0.1) is 13.8 Å². The SMILES string of the molecule is COc1ccc(-c2c(C)oc(C)c2C(C)=O)cc1OC. The Morgan fingerprint density at radius 2 is 1.70 bits per heavy atom. The summed E-state index contributed by atoms with van der Waals surface area (Å²) in [5, 5.41) is 0. The van der Waals surface area contributed by atoms with Gasteiger partial charge in [-0.05, 0) is 38.5 Å². The summed E-state index contributed by atoms with van der Waals surface area (Å²) in [4.78, 5) is 11.8. The Bertz CT molecular complexity index is 653. The normalized spacial score (nSPS) is 10.4. The first-order valence-electron chi connectivity index (χ1n) is 6.33. The van der Waals surface area contributed by atoms with E-state index in [-0.39, 0.29) is 5.78 Å². The van der Waals surface area contributed by atoms with Crippen molar-refractivity contribution in [3.05, 3.63) is 35.3 Å². The lowest BCUT2D eigenvalue weighted by molar-refractivity contribution is 0.101. The minimum atomic E-state index is -0.0101. The summed E-state index contributed by atoms with van der Waals surface area (Å²) >= 11 is 0. The predicted molar refractivity (Wildman–Crippen MR) is 76.7 cm³/mol. The molecular formula is C16H18O4. The molecule has 0 atom stereocenters. The molecule has 20 heavy (non-hydrogen) atoms. The summed E-state index contributed by atoms with van der Waals surface area (Å²) < 4.78 is 16.1. The Kier molecular flexibility index (Phi) is 3.84. The van der Waals surface area contributed by atoms with Crippen LogP contribution in [0.4, 0.5) is 0 Å². The van der Waals surface area contributed by atoms with Crippen molar-refractivity contribution >= 4 is 5.78 Å². The molecule has 0 amide bonds. The second-order valence-corrected chi connectivity index (χ2v) is 4.59. The van der Waals surface area contributed by atoms with Gasteiger partial charge in [-0.3, -0.25) is 4.79 Å². The molecule has 0 aliphatic carbocycles. The van der Waals surface area contributed by atoms with E-state index >= 15 is 0 Å². The van der Waals surface area contributed by atoms with Crippen molar-refractivity contribution in [3.63, 3.8) is 0 Å². The number of benzene rings is 1. The minimum Gasteiger partial charge on any atom is -0.493 e. The van der Waals surface area contributed by atoms with E-state index in [0.29, 0.717) is 22.8 Å². The molecule has 0 saturated carbocycles. The molecule has 0 saturated heterocycles. The zero-order valence-corrected chi connectivity index (χ0v) is 12.4. The molecule has 0 aliphatic rings. The van der Waals surface area contributed by atoms with Crippen LogP contribution in [0.25, 0.3) is 11.1 Å². The van der Waals surface area contributed by atoms with Crippen LogP contribution in [0.1, 0.15) is 28.8 Å². The molecule has 0 fully saturated rings. The van der Waals surface area contributed by atoms with Crippen molar-refractivity contribution in [3.8, 4) is 22.6 Å². The van der Waals surface area contributed by atoms with Gasteiger partial charge in [-0.15, -0.1) is 0 Å². The number of ether oxygens (including phenoxy) is 2. The molecule has 0 N–H and O–H groups in total. The van der Waals surface area contributed by atoms with Gasteiger partial charge in [0.2, 0.25) is 0 Å². The summed E-state index contributed by atoms with van der Waals surface area (Å²) in [6.07, 6.45) is 0. The Morgan fingerprint density at radius 3 is 2.25 bits per heavy atom. The molecule has 0 unspecified atom stereocenters. The minimum absolute atomic E-state index is 0.0101. The number of rotatable bonds is 4. The molecule has 1 aromatic carbocycles. The third kappa shape index (κ3) is 2.29. The molecule has 1 heterocycles. The van der Waals surface area contributed by atoms with Crippen molar-refractivity contribution < 1.29 is 18.7 Å². The van der Waals surface area contributed by atoms with Gasteiger partial charge < -0.3 is 13.9 Å². The van der Waals surface area contributed by atoms with Crippen LogP contribution >= 0.6 is 0 Å². The van der Waals surface area contributed by atoms with Crippen molar-refractivity contribution in [2.24, 2.45) is 0 Å². The third-order valence-corrected chi connectivity index (χ3v) is 3.28. The molecule has 2 aromatic rings. The molecule has 1 aromatic heterocycles. The summed E-state index contributed by atoms with van der Waals surface area (Å²) in [6.45, 7) is 5.20. The standard InChI is InChI=1S/C16H18O4/c1-9(17)15-10(2)20-11(3)16(15)12-6-7-13(18-4)14(8-12)19-5/h6-8H,1-5H3. The number of ketones is 1. The number of carbonyl (C=O) groups is 1. The van der Waals surface area contributed by atoms with E-state index in [9.17, 15) is 4.79 Å². The molecule has 0 spiro atoms. The van der Waals surface area contributed by atoms with E-state index in [1.807, 2.05) is 25.1 Å². The molecular weight excluding hydrogens is 256 g/mol. The van der Waals surface area contributed by atoms with Gasteiger partial charge in [0.25, 0.3) is 0 Å². The summed E-state index contributed by atoms with van der Waals surface area (Å²) in [5.41, 5.74) is 2.31. The first-order valence-corrected chi connectivity index (χ1v) is 6.33. The number of aryl methyl sites for hydroxylation is 2. The highest BCUT2D eigenvalue weighted by Gasteiger charge is 2.21. The highest BCUT2D eigenvalue weighted by Crippen LogP contribution is 2.37. The number of hydrogen-bond donors (Lipinski definition) is 0. The van der Waals surface area contributed by atoms with Gasteiger partial charge in [0.15, 0.2) is 17.3 Å². The number of hydrogen-bond acceptors (Lipinski definition) is 4. The van der Waals surface area contributed by atoms with Crippen molar-refractivity contribution in [2.45, 2.75) is 20.8 Å². The number of Topliss-reactive ketones (excluding diaryl/α,β-unsaturated/α-hetero) is 1. The molecule has 4 heteroatoms. The van der Waals surface area contributed by atoms with Crippen LogP contribution < -0.4 is 9.47 Å². The smallest absolute Gasteiger partial charge is 0.163 e. The van der Waals surface area contributed by atoms with Crippen molar-refractivity contribution in [1.82, 2.24) is 0 Å². The second-order valence-electron chi connectivity index (χ2n) is 4.59. The first-order chi connectivity index (χ1) is 9.49. The van der Waals surface area contributed by atoms with Gasteiger partial charge in [0, 0.05) is 5.56 Å². The van der Waals surface area contributed by atoms with Gasteiger partial charge in [-0.25, -0.2) is 0 Å². The molecule has 0 aliphatic heterocycles. The fourth-order valence-corrected chi connectivity index (χ4v) is 2.45. The zero-order valence-electron chi connectivity index (χ0n) is 12.4. The van der Waals surface area contributed by atoms with Gasteiger partial charge >= 0.3 is 0 Å². The third-order valence-electron chi connectivity index (χ3n) is 3.28. The topological polar surface area (TPSA) is 48.7 Å². The summed E-state index contributed by atoms with van der Waals surface area (Å²) in [5.74, 6) is 2.63. The molecule has 0 bridgehead atoms. The van der Waals surface area contributed by atoms with Crippen LogP contribution in [0.5, 0.6) is 11.5 Å². The van der Waals surface area contributed by atoms with Crippen LogP contribution in [0.15, 0.2) is 22.6 Å². The fourth-order valence-electron chi connectivity index (χ4n) is 2.45. The second kappa shape index (κ2) is 5.41. The van der Waals surface area contributed by atoms with E-state index in [1.54, 1.807) is 28.1 Å². The number of furan rings is 1. The average molecular weight is 274 g/mol. The maximum Gasteiger partial charge on any atom is 0.163 e.